The lowest BCUT2D eigenvalue weighted by Gasteiger charge is -2.10. The molecule has 1 atom stereocenters. The van der Waals surface area contributed by atoms with Gasteiger partial charge >= 0.3 is 0 Å². The second-order valence-electron chi connectivity index (χ2n) is 3.96. The third-order valence-electron chi connectivity index (χ3n) is 2.72. The first-order valence-electron chi connectivity index (χ1n) is 5.57. The van der Waals surface area contributed by atoms with Crippen LogP contribution in [0, 0.1) is 11.3 Å². The van der Waals surface area contributed by atoms with Crippen molar-refractivity contribution in [1.82, 2.24) is 0 Å². The molecule has 0 N–H and O–H groups in total. The number of carbonyl (C=O) groups excluding carboxylic acids is 1. The molecule has 0 aromatic heterocycles. The zero-order chi connectivity index (χ0) is 13.8. The van der Waals surface area contributed by atoms with Gasteiger partial charge in [0.15, 0.2) is 5.78 Å². The van der Waals surface area contributed by atoms with E-state index in [1.54, 1.807) is 48.5 Å². The minimum atomic E-state index is -0.924. The lowest BCUT2D eigenvalue weighted by Crippen LogP contribution is -2.11. The number of nitrogens with zero attached hydrogens (tertiary/aromatic N) is 1. The Bertz CT molecular complexity index is 661. The molecule has 2 rings (SSSR count). The summed E-state index contributed by atoms with van der Waals surface area (Å²) in [5.41, 5.74) is 0.913. The summed E-state index contributed by atoms with van der Waals surface area (Å²) in [5.74, 6) is -1.23. The Morgan fingerprint density at radius 2 is 1.84 bits per heavy atom. The standard InChI is InChI=1S/C15H9Cl2NO/c16-11-5-3-4-10(8-11)15(19)13(9-18)12-6-1-2-7-14(12)17/h1-8,13H. The molecule has 1 unspecified atom stereocenters. The molecule has 2 aromatic carbocycles. The average Bonchev–Trinajstić information content (AvgIpc) is 2.41. The van der Waals surface area contributed by atoms with Crippen LogP contribution in [0.2, 0.25) is 10.0 Å². The van der Waals surface area contributed by atoms with E-state index in [4.69, 9.17) is 23.2 Å². The Kier molecular flexibility index (Phi) is 4.21. The van der Waals surface area contributed by atoms with Gasteiger partial charge in [0.05, 0.1) is 6.07 Å². The third kappa shape index (κ3) is 2.96. The second-order valence-corrected chi connectivity index (χ2v) is 4.80. The van der Waals surface area contributed by atoms with Crippen LogP contribution in [0.3, 0.4) is 0 Å². The lowest BCUT2D eigenvalue weighted by atomic mass is 9.92. The van der Waals surface area contributed by atoms with E-state index in [9.17, 15) is 10.1 Å². The summed E-state index contributed by atoms with van der Waals surface area (Å²) in [7, 11) is 0. The van der Waals surface area contributed by atoms with E-state index >= 15 is 0 Å². The van der Waals surface area contributed by atoms with Crippen molar-refractivity contribution < 1.29 is 4.79 Å². The molecule has 0 saturated heterocycles. The monoisotopic (exact) mass is 289 g/mol. The highest BCUT2D eigenvalue weighted by atomic mass is 35.5. The predicted molar refractivity (Wildman–Crippen MR) is 75.6 cm³/mol. The smallest absolute Gasteiger partial charge is 0.184 e. The molecule has 0 amide bonds. The van der Waals surface area contributed by atoms with Crippen molar-refractivity contribution >= 4 is 29.0 Å². The SMILES string of the molecule is N#CC(C(=O)c1cccc(Cl)c1)c1ccccc1Cl. The number of rotatable bonds is 3. The Balaban J connectivity index is 2.42. The van der Waals surface area contributed by atoms with Gasteiger partial charge in [-0.25, -0.2) is 0 Å². The fraction of sp³-hybridized carbons (Fsp3) is 0.0667. The van der Waals surface area contributed by atoms with E-state index in [1.165, 1.54) is 0 Å². The van der Waals surface area contributed by atoms with Crippen LogP contribution in [0.15, 0.2) is 48.5 Å². The maximum atomic E-state index is 12.3. The van der Waals surface area contributed by atoms with Gasteiger partial charge in [-0.2, -0.15) is 5.26 Å². The summed E-state index contributed by atoms with van der Waals surface area (Å²) < 4.78 is 0. The van der Waals surface area contributed by atoms with Crippen LogP contribution in [-0.2, 0) is 0 Å². The molecule has 2 aromatic rings. The van der Waals surface area contributed by atoms with Crippen molar-refractivity contribution in [1.29, 1.82) is 5.26 Å². The van der Waals surface area contributed by atoms with Gasteiger partial charge in [-0.1, -0.05) is 53.5 Å². The molecule has 0 bridgehead atoms. The van der Waals surface area contributed by atoms with Crippen molar-refractivity contribution in [2.45, 2.75) is 5.92 Å². The minimum absolute atomic E-state index is 0.307. The Morgan fingerprint density at radius 1 is 1.11 bits per heavy atom. The molecule has 0 spiro atoms. The van der Waals surface area contributed by atoms with Crippen molar-refractivity contribution in [2.24, 2.45) is 0 Å². The molecule has 4 heteroatoms. The predicted octanol–water partition coefficient (Wildman–Crippen LogP) is 4.48. The Hall–Kier alpha value is -1.82. The second kappa shape index (κ2) is 5.88. The summed E-state index contributed by atoms with van der Waals surface area (Å²) >= 11 is 11.9. The van der Waals surface area contributed by atoms with Crippen LogP contribution in [0.25, 0.3) is 0 Å². The molecule has 2 nitrogen and oxygen atoms in total. The molecule has 0 aliphatic carbocycles. The number of nitriles is 1. The first-order valence-corrected chi connectivity index (χ1v) is 6.33. The molecule has 94 valence electrons. The fourth-order valence-electron chi connectivity index (χ4n) is 1.79. The number of ketones is 1. The van der Waals surface area contributed by atoms with Gasteiger partial charge in [-0.05, 0) is 23.8 Å². The van der Waals surface area contributed by atoms with Crippen LogP contribution in [0.1, 0.15) is 21.8 Å². The fourth-order valence-corrected chi connectivity index (χ4v) is 2.22. The molecular formula is C15H9Cl2NO. The van der Waals surface area contributed by atoms with Gasteiger partial charge in [0.1, 0.15) is 5.92 Å². The topological polar surface area (TPSA) is 40.9 Å². The molecule has 19 heavy (non-hydrogen) atoms. The minimum Gasteiger partial charge on any atom is -0.292 e. The van der Waals surface area contributed by atoms with Crippen molar-refractivity contribution in [3.8, 4) is 6.07 Å². The highest BCUT2D eigenvalue weighted by Gasteiger charge is 2.23. The van der Waals surface area contributed by atoms with Crippen LogP contribution in [0.5, 0.6) is 0 Å². The number of Topliss-reactive ketones (excluding diaryl/α,β-unsaturated/α-hetero) is 1. The van der Waals surface area contributed by atoms with Gasteiger partial charge in [0.25, 0.3) is 0 Å². The van der Waals surface area contributed by atoms with Crippen LogP contribution in [0.4, 0.5) is 0 Å². The van der Waals surface area contributed by atoms with Crippen molar-refractivity contribution in [2.75, 3.05) is 0 Å². The van der Waals surface area contributed by atoms with Crippen LogP contribution < -0.4 is 0 Å². The average molecular weight is 290 g/mol. The van der Waals surface area contributed by atoms with E-state index in [2.05, 4.69) is 0 Å². The maximum Gasteiger partial charge on any atom is 0.184 e. The first kappa shape index (κ1) is 13.6. The molecule has 0 aliphatic heterocycles. The van der Waals surface area contributed by atoms with Gasteiger partial charge < -0.3 is 0 Å². The van der Waals surface area contributed by atoms with Crippen LogP contribution >= 0.6 is 23.2 Å². The highest BCUT2D eigenvalue weighted by Crippen LogP contribution is 2.27. The third-order valence-corrected chi connectivity index (χ3v) is 3.30. The van der Waals surface area contributed by atoms with E-state index in [0.717, 1.165) is 0 Å². The van der Waals surface area contributed by atoms with E-state index in [0.29, 0.717) is 21.2 Å². The van der Waals surface area contributed by atoms with E-state index in [-0.39, 0.29) is 5.78 Å². The Morgan fingerprint density at radius 3 is 2.47 bits per heavy atom. The van der Waals surface area contributed by atoms with E-state index in [1.807, 2.05) is 6.07 Å². The summed E-state index contributed by atoms with van der Waals surface area (Å²) in [5, 5.41) is 10.1. The summed E-state index contributed by atoms with van der Waals surface area (Å²) in [6.07, 6.45) is 0. The number of carbonyl (C=O) groups is 1. The van der Waals surface area contributed by atoms with Gasteiger partial charge in [-0.15, -0.1) is 0 Å². The van der Waals surface area contributed by atoms with Crippen molar-refractivity contribution in [3.05, 3.63) is 69.7 Å². The Labute approximate surface area is 121 Å². The zero-order valence-electron chi connectivity index (χ0n) is 9.81. The summed E-state index contributed by atoms with van der Waals surface area (Å²) in [4.78, 5) is 12.3. The molecule has 0 radical (unpaired) electrons. The molecule has 0 saturated carbocycles. The number of halogens is 2. The molecule has 0 heterocycles. The van der Waals surface area contributed by atoms with Gasteiger partial charge in [0.2, 0.25) is 0 Å². The molecule has 0 aliphatic rings. The molecule has 0 fully saturated rings. The van der Waals surface area contributed by atoms with E-state index < -0.39 is 5.92 Å². The number of hydrogen-bond donors (Lipinski definition) is 0. The van der Waals surface area contributed by atoms with Gasteiger partial charge in [0, 0.05) is 15.6 Å². The quantitative estimate of drug-likeness (QED) is 0.782. The first-order chi connectivity index (χ1) is 9.13. The summed E-state index contributed by atoms with van der Waals surface area (Å²) in [6, 6.07) is 15.4. The largest absolute Gasteiger partial charge is 0.292 e. The molecular weight excluding hydrogens is 281 g/mol. The van der Waals surface area contributed by atoms with Gasteiger partial charge in [-0.3, -0.25) is 4.79 Å². The zero-order valence-corrected chi connectivity index (χ0v) is 11.3. The normalized spacial score (nSPS) is 11.6. The number of hydrogen-bond acceptors (Lipinski definition) is 2. The lowest BCUT2D eigenvalue weighted by molar-refractivity contribution is 0.0979. The van der Waals surface area contributed by atoms with Crippen LogP contribution in [-0.4, -0.2) is 5.78 Å². The highest BCUT2D eigenvalue weighted by molar-refractivity contribution is 6.32. The number of benzene rings is 2. The summed E-state index contributed by atoms with van der Waals surface area (Å²) in [6.45, 7) is 0. The van der Waals surface area contributed by atoms with Crippen molar-refractivity contribution in [3.63, 3.8) is 0 Å². The maximum absolute atomic E-state index is 12.3.